The maximum Gasteiger partial charge on any atom is 0.416 e. The van der Waals surface area contributed by atoms with Gasteiger partial charge in [-0.2, -0.15) is 13.2 Å². The van der Waals surface area contributed by atoms with Crippen LogP contribution in [0.4, 0.5) is 13.2 Å². The molecule has 0 N–H and O–H groups in total. The van der Waals surface area contributed by atoms with E-state index in [9.17, 15) is 22.8 Å². The Kier molecular flexibility index (Phi) is 9.06. The zero-order valence-corrected chi connectivity index (χ0v) is 20.4. The van der Waals surface area contributed by atoms with E-state index in [-0.39, 0.29) is 17.6 Å². The van der Waals surface area contributed by atoms with Crippen LogP contribution in [0.1, 0.15) is 34.7 Å². The molecule has 192 valence electrons. The summed E-state index contributed by atoms with van der Waals surface area (Å²) in [7, 11) is 0. The second-order valence-corrected chi connectivity index (χ2v) is 8.57. The van der Waals surface area contributed by atoms with Gasteiger partial charge in [-0.05, 0) is 85.2 Å². The Balaban J connectivity index is 1.64. The Morgan fingerprint density at radius 1 is 0.784 bits per heavy atom. The number of alkyl halides is 3. The van der Waals surface area contributed by atoms with Crippen LogP contribution in [0, 0.1) is 0 Å². The number of carbonyl (C=O) groups excluding carboxylic acids is 2. The Morgan fingerprint density at radius 2 is 1.27 bits per heavy atom. The van der Waals surface area contributed by atoms with E-state index in [4.69, 9.17) is 9.47 Å². The van der Waals surface area contributed by atoms with Gasteiger partial charge in [0.2, 0.25) is 0 Å². The van der Waals surface area contributed by atoms with Gasteiger partial charge < -0.3 is 9.47 Å². The van der Waals surface area contributed by atoms with Gasteiger partial charge in [-0.25, -0.2) is 9.59 Å². The summed E-state index contributed by atoms with van der Waals surface area (Å²) in [5, 5.41) is 0. The Bertz CT molecular complexity index is 1270. The second kappa shape index (κ2) is 12.2. The summed E-state index contributed by atoms with van der Waals surface area (Å²) < 4.78 is 51.7. The van der Waals surface area contributed by atoms with Crippen LogP contribution in [-0.4, -0.2) is 11.9 Å². The van der Waals surface area contributed by atoms with Crippen molar-refractivity contribution in [3.05, 3.63) is 119 Å². The van der Waals surface area contributed by atoms with Crippen LogP contribution >= 0.6 is 0 Å². The van der Waals surface area contributed by atoms with E-state index < -0.39 is 23.7 Å². The lowest BCUT2D eigenvalue weighted by molar-refractivity contribution is -0.138. The molecule has 3 aromatic rings. The normalized spacial score (nSPS) is 11.0. The lowest BCUT2D eigenvalue weighted by atomic mass is 9.95. The van der Waals surface area contributed by atoms with Crippen molar-refractivity contribution in [3.63, 3.8) is 0 Å². The van der Waals surface area contributed by atoms with Gasteiger partial charge in [-0.1, -0.05) is 49.6 Å². The third kappa shape index (κ3) is 8.20. The summed E-state index contributed by atoms with van der Waals surface area (Å²) in [4.78, 5) is 22.9. The predicted molar refractivity (Wildman–Crippen MR) is 135 cm³/mol. The van der Waals surface area contributed by atoms with Crippen molar-refractivity contribution in [1.29, 1.82) is 0 Å². The highest BCUT2D eigenvalue weighted by molar-refractivity contribution is 5.88. The minimum absolute atomic E-state index is 0.213. The van der Waals surface area contributed by atoms with Crippen LogP contribution in [-0.2, 0) is 41.4 Å². The van der Waals surface area contributed by atoms with E-state index in [2.05, 4.69) is 13.2 Å². The fraction of sp³-hybridized carbons (Fsp3) is 0.200. The first-order chi connectivity index (χ1) is 17.5. The van der Waals surface area contributed by atoms with Crippen LogP contribution in [0.5, 0.6) is 11.5 Å². The van der Waals surface area contributed by atoms with Crippen LogP contribution in [0.25, 0.3) is 0 Å². The van der Waals surface area contributed by atoms with Gasteiger partial charge in [0.15, 0.2) is 0 Å². The average molecular weight is 509 g/mol. The first kappa shape index (κ1) is 27.5. The van der Waals surface area contributed by atoms with Gasteiger partial charge in [0.1, 0.15) is 11.5 Å². The van der Waals surface area contributed by atoms with Gasteiger partial charge >= 0.3 is 18.1 Å². The molecule has 0 amide bonds. The molecule has 0 spiro atoms. The van der Waals surface area contributed by atoms with Crippen LogP contribution in [0.3, 0.4) is 0 Å². The molecule has 0 heterocycles. The van der Waals surface area contributed by atoms with Crippen molar-refractivity contribution < 1.29 is 32.2 Å². The summed E-state index contributed by atoms with van der Waals surface area (Å²) in [6.07, 6.45) is -1.82. The lowest BCUT2D eigenvalue weighted by Gasteiger charge is -2.15. The molecule has 0 aliphatic heterocycles. The summed E-state index contributed by atoms with van der Waals surface area (Å²) >= 11 is 0. The molecule has 0 unspecified atom stereocenters. The molecule has 4 nitrogen and oxygen atoms in total. The molecule has 0 fully saturated rings. The van der Waals surface area contributed by atoms with Crippen LogP contribution < -0.4 is 9.47 Å². The number of hydrogen-bond donors (Lipinski definition) is 0. The SMILES string of the molecule is C=CC(=O)Oc1ccc(CCc2ccc(CCc3ccc(OC(=O)C(=C)C)cc3)c(C(F)(F)F)c2)cc1. The van der Waals surface area contributed by atoms with E-state index in [0.29, 0.717) is 36.3 Å². The minimum atomic E-state index is -4.47. The molecule has 0 aliphatic carbocycles. The molecule has 0 bridgehead atoms. The standard InChI is InChI=1S/C30H27F3O4/c1-4-28(34)36-25-15-9-21(10-16-25)5-6-23-8-14-24(27(19-23)30(31,32)33)13-7-22-11-17-26(18-12-22)37-29(35)20(2)3/h4,8-12,14-19H,1-2,5-7,13H2,3H3. The van der Waals surface area contributed by atoms with Crippen molar-refractivity contribution in [2.45, 2.75) is 38.8 Å². The van der Waals surface area contributed by atoms with E-state index in [1.165, 1.54) is 6.07 Å². The largest absolute Gasteiger partial charge is 0.423 e. The van der Waals surface area contributed by atoms with Crippen molar-refractivity contribution >= 4 is 11.9 Å². The molecular formula is C30H27F3O4. The number of halogens is 3. The Labute approximate surface area is 214 Å². The lowest BCUT2D eigenvalue weighted by Crippen LogP contribution is -2.11. The highest BCUT2D eigenvalue weighted by Crippen LogP contribution is 2.34. The zero-order chi connectivity index (χ0) is 27.0. The molecule has 0 radical (unpaired) electrons. The van der Waals surface area contributed by atoms with Gasteiger partial charge in [0, 0.05) is 11.6 Å². The first-order valence-electron chi connectivity index (χ1n) is 11.6. The third-order valence-corrected chi connectivity index (χ3v) is 5.66. The molecular weight excluding hydrogens is 481 g/mol. The number of benzene rings is 3. The number of carbonyl (C=O) groups is 2. The van der Waals surface area contributed by atoms with Crippen molar-refractivity contribution in [3.8, 4) is 11.5 Å². The molecule has 0 aliphatic rings. The highest BCUT2D eigenvalue weighted by Gasteiger charge is 2.33. The Morgan fingerprint density at radius 3 is 1.78 bits per heavy atom. The molecule has 0 aromatic heterocycles. The van der Waals surface area contributed by atoms with E-state index in [1.807, 2.05) is 0 Å². The van der Waals surface area contributed by atoms with Crippen LogP contribution in [0.15, 0.2) is 91.5 Å². The minimum Gasteiger partial charge on any atom is -0.423 e. The predicted octanol–water partition coefficient (Wildman–Crippen LogP) is 6.85. The summed E-state index contributed by atoms with van der Waals surface area (Å²) in [6.45, 7) is 8.41. The second-order valence-electron chi connectivity index (χ2n) is 8.57. The van der Waals surface area contributed by atoms with Crippen LogP contribution in [0.2, 0.25) is 0 Å². The average Bonchev–Trinajstić information content (AvgIpc) is 2.87. The molecule has 7 heteroatoms. The Hall–Kier alpha value is -4.13. The van der Waals surface area contributed by atoms with E-state index in [0.717, 1.165) is 17.2 Å². The summed E-state index contributed by atoms with van der Waals surface area (Å²) in [6, 6.07) is 18.0. The molecule has 0 atom stereocenters. The van der Waals surface area contributed by atoms with Gasteiger partial charge in [0.05, 0.1) is 5.56 Å². The molecule has 0 saturated carbocycles. The number of rotatable bonds is 10. The van der Waals surface area contributed by atoms with Crippen molar-refractivity contribution in [1.82, 2.24) is 0 Å². The van der Waals surface area contributed by atoms with E-state index >= 15 is 0 Å². The van der Waals surface area contributed by atoms with E-state index in [1.54, 1.807) is 67.6 Å². The fourth-order valence-corrected chi connectivity index (χ4v) is 3.63. The number of ether oxygens (including phenoxy) is 2. The smallest absolute Gasteiger partial charge is 0.416 e. The molecule has 0 saturated heterocycles. The maximum atomic E-state index is 13.8. The van der Waals surface area contributed by atoms with Gasteiger partial charge in [0.25, 0.3) is 0 Å². The number of aryl methyl sites for hydroxylation is 4. The van der Waals surface area contributed by atoms with Gasteiger partial charge in [-0.15, -0.1) is 0 Å². The third-order valence-electron chi connectivity index (χ3n) is 5.66. The quantitative estimate of drug-likeness (QED) is 0.171. The topological polar surface area (TPSA) is 52.6 Å². The first-order valence-corrected chi connectivity index (χ1v) is 11.6. The van der Waals surface area contributed by atoms with Crippen molar-refractivity contribution in [2.75, 3.05) is 0 Å². The molecule has 37 heavy (non-hydrogen) atoms. The summed E-state index contributed by atoms with van der Waals surface area (Å²) in [5.74, 6) is -0.369. The number of hydrogen-bond acceptors (Lipinski definition) is 4. The van der Waals surface area contributed by atoms with Gasteiger partial charge in [-0.3, -0.25) is 0 Å². The number of esters is 2. The highest BCUT2D eigenvalue weighted by atomic mass is 19.4. The fourth-order valence-electron chi connectivity index (χ4n) is 3.63. The molecule has 3 rings (SSSR count). The zero-order valence-electron chi connectivity index (χ0n) is 20.4. The van der Waals surface area contributed by atoms with Crippen molar-refractivity contribution in [2.24, 2.45) is 0 Å². The summed E-state index contributed by atoms with van der Waals surface area (Å²) in [5.41, 5.74) is 2.19. The molecule has 3 aromatic carbocycles. The monoisotopic (exact) mass is 508 g/mol. The maximum absolute atomic E-state index is 13.8.